The number of rotatable bonds is 9. The van der Waals surface area contributed by atoms with E-state index in [-0.39, 0.29) is 23.9 Å². The number of halogens is 2. The van der Waals surface area contributed by atoms with E-state index in [0.717, 1.165) is 27.6 Å². The van der Waals surface area contributed by atoms with Crippen molar-refractivity contribution in [2.24, 2.45) is 0 Å². The van der Waals surface area contributed by atoms with Crippen molar-refractivity contribution in [1.29, 1.82) is 0 Å². The van der Waals surface area contributed by atoms with Gasteiger partial charge in [-0.2, -0.15) is 0 Å². The number of hydrogen-bond donors (Lipinski definition) is 1. The van der Waals surface area contributed by atoms with Gasteiger partial charge in [0, 0.05) is 22.0 Å². The zero-order chi connectivity index (χ0) is 23.4. The van der Waals surface area contributed by atoms with Crippen LogP contribution in [0.4, 0.5) is 4.39 Å². The van der Waals surface area contributed by atoms with Gasteiger partial charge in [-0.15, -0.1) is 0 Å². The Morgan fingerprint density at radius 1 is 1.12 bits per heavy atom. The minimum atomic E-state index is -0.488. The Morgan fingerprint density at radius 2 is 1.88 bits per heavy atom. The van der Waals surface area contributed by atoms with E-state index in [1.54, 1.807) is 18.2 Å². The van der Waals surface area contributed by atoms with Crippen LogP contribution in [0.3, 0.4) is 0 Å². The molecule has 0 amide bonds. The monoisotopic (exact) mass is 512 g/mol. The third-order valence-corrected chi connectivity index (χ3v) is 5.95. The number of nitrogens with one attached hydrogen (secondary N) is 1. The second-order valence-electron chi connectivity index (χ2n) is 7.54. The van der Waals surface area contributed by atoms with Gasteiger partial charge in [0.1, 0.15) is 12.4 Å². The Morgan fingerprint density at radius 3 is 2.61 bits per heavy atom. The van der Waals surface area contributed by atoms with Crippen LogP contribution in [-0.2, 0) is 6.61 Å². The fraction of sp³-hybridized carbons (Fsp3) is 0.200. The summed E-state index contributed by atoms with van der Waals surface area (Å²) in [4.78, 5) is 14.5. The van der Waals surface area contributed by atoms with Crippen molar-refractivity contribution in [2.45, 2.75) is 19.4 Å². The standard InChI is InChI=1S/C25H22BrFN2O4/c1-2-32-24-12-17(11-22(26)25(24)33-15-16-7-9-18(27)10-8-16)21(14-29(30)31)20-13-28-23-6-4-3-5-19(20)23/h3-13,21,28H,2,14-15H2,1H3/t21-/m0/s1. The predicted molar refractivity (Wildman–Crippen MR) is 128 cm³/mol. The van der Waals surface area contributed by atoms with Crippen molar-refractivity contribution >= 4 is 26.8 Å². The number of fused-ring (bicyclic) bond motifs is 1. The van der Waals surface area contributed by atoms with Gasteiger partial charge in [0.05, 0.1) is 17.0 Å². The molecular formula is C25H22BrFN2O4. The maximum Gasteiger partial charge on any atom is 0.214 e. The molecule has 0 aliphatic rings. The summed E-state index contributed by atoms with van der Waals surface area (Å²) < 4.78 is 25.6. The molecule has 1 heterocycles. The van der Waals surface area contributed by atoms with E-state index in [1.165, 1.54) is 12.1 Å². The number of H-pyrrole nitrogens is 1. The van der Waals surface area contributed by atoms with E-state index in [0.29, 0.717) is 22.6 Å². The number of nitro groups is 1. The average molecular weight is 513 g/mol. The zero-order valence-corrected chi connectivity index (χ0v) is 19.5. The lowest BCUT2D eigenvalue weighted by Crippen LogP contribution is -2.14. The van der Waals surface area contributed by atoms with Crippen molar-refractivity contribution in [3.05, 3.63) is 104 Å². The van der Waals surface area contributed by atoms with Gasteiger partial charge >= 0.3 is 0 Å². The molecule has 0 radical (unpaired) electrons. The normalized spacial score (nSPS) is 12.0. The number of aromatic nitrogens is 1. The lowest BCUT2D eigenvalue weighted by atomic mass is 9.90. The summed E-state index contributed by atoms with van der Waals surface area (Å²) in [6.07, 6.45) is 1.83. The van der Waals surface area contributed by atoms with Crippen LogP contribution in [0, 0.1) is 15.9 Å². The summed E-state index contributed by atoms with van der Waals surface area (Å²) in [6, 6.07) is 17.4. The molecule has 4 rings (SSSR count). The van der Waals surface area contributed by atoms with Gasteiger partial charge in [-0.25, -0.2) is 4.39 Å². The first-order valence-electron chi connectivity index (χ1n) is 10.5. The summed E-state index contributed by atoms with van der Waals surface area (Å²) in [5.41, 5.74) is 3.31. The highest BCUT2D eigenvalue weighted by Gasteiger charge is 2.26. The maximum absolute atomic E-state index is 13.2. The fourth-order valence-corrected chi connectivity index (χ4v) is 4.42. The van der Waals surface area contributed by atoms with E-state index in [9.17, 15) is 14.5 Å². The fourth-order valence-electron chi connectivity index (χ4n) is 3.84. The molecule has 1 aromatic heterocycles. The number of hydrogen-bond acceptors (Lipinski definition) is 4. The Balaban J connectivity index is 1.72. The summed E-state index contributed by atoms with van der Waals surface area (Å²) in [5, 5.41) is 12.5. The van der Waals surface area contributed by atoms with E-state index in [4.69, 9.17) is 9.47 Å². The number of aromatic amines is 1. The molecule has 8 heteroatoms. The highest BCUT2D eigenvalue weighted by atomic mass is 79.9. The van der Waals surface area contributed by atoms with Gasteiger partial charge in [-0.05, 0) is 69.9 Å². The Hall–Kier alpha value is -3.39. The zero-order valence-electron chi connectivity index (χ0n) is 17.9. The molecule has 0 saturated heterocycles. The van der Waals surface area contributed by atoms with E-state index in [1.807, 2.05) is 43.5 Å². The minimum Gasteiger partial charge on any atom is -0.490 e. The van der Waals surface area contributed by atoms with Crippen molar-refractivity contribution in [1.82, 2.24) is 4.98 Å². The minimum absolute atomic E-state index is 0.221. The Bertz CT molecular complexity index is 1270. The largest absolute Gasteiger partial charge is 0.490 e. The van der Waals surface area contributed by atoms with Crippen molar-refractivity contribution in [2.75, 3.05) is 13.2 Å². The molecule has 0 fully saturated rings. The van der Waals surface area contributed by atoms with E-state index >= 15 is 0 Å². The third kappa shape index (κ3) is 5.17. The number of para-hydroxylation sites is 1. The second kappa shape index (κ2) is 10.0. The molecule has 170 valence electrons. The summed E-state index contributed by atoms with van der Waals surface area (Å²) in [6.45, 7) is 2.21. The van der Waals surface area contributed by atoms with Crippen molar-refractivity contribution < 1.29 is 18.8 Å². The maximum atomic E-state index is 13.2. The lowest BCUT2D eigenvalue weighted by molar-refractivity contribution is -0.481. The molecule has 33 heavy (non-hydrogen) atoms. The molecule has 1 N–H and O–H groups in total. The first kappa shape index (κ1) is 22.8. The summed E-state index contributed by atoms with van der Waals surface area (Å²) >= 11 is 3.56. The Kier molecular flexibility index (Phi) is 6.93. The Labute approximate surface area is 198 Å². The predicted octanol–water partition coefficient (Wildman–Crippen LogP) is 6.46. The average Bonchev–Trinajstić information content (AvgIpc) is 3.22. The third-order valence-electron chi connectivity index (χ3n) is 5.36. The molecule has 6 nitrogen and oxygen atoms in total. The SMILES string of the molecule is CCOc1cc([C@H](C[N+](=O)[O-])c2c[nH]c3ccccc23)cc(Br)c1OCc1ccc(F)cc1. The molecule has 4 aromatic rings. The first-order valence-corrected chi connectivity index (χ1v) is 11.3. The van der Waals surface area contributed by atoms with Crippen LogP contribution in [0.15, 0.2) is 71.3 Å². The highest BCUT2D eigenvalue weighted by molar-refractivity contribution is 9.10. The number of nitrogens with zero attached hydrogens (tertiary/aromatic N) is 1. The van der Waals surface area contributed by atoms with Gasteiger partial charge in [0.25, 0.3) is 0 Å². The van der Waals surface area contributed by atoms with Crippen LogP contribution in [0.25, 0.3) is 10.9 Å². The number of benzene rings is 3. The van der Waals surface area contributed by atoms with Gasteiger partial charge < -0.3 is 14.5 Å². The van der Waals surface area contributed by atoms with Gasteiger partial charge in [0.15, 0.2) is 11.5 Å². The van der Waals surface area contributed by atoms with Crippen LogP contribution in [0.2, 0.25) is 0 Å². The van der Waals surface area contributed by atoms with Gasteiger partial charge in [-0.3, -0.25) is 10.1 Å². The molecule has 0 bridgehead atoms. The summed E-state index contributed by atoms with van der Waals surface area (Å²) in [5.74, 6) is 0.173. The first-order chi connectivity index (χ1) is 16.0. The molecular weight excluding hydrogens is 491 g/mol. The van der Waals surface area contributed by atoms with Crippen LogP contribution < -0.4 is 9.47 Å². The second-order valence-corrected chi connectivity index (χ2v) is 8.39. The number of ether oxygens (including phenoxy) is 2. The summed E-state index contributed by atoms with van der Waals surface area (Å²) in [7, 11) is 0. The molecule has 3 aromatic carbocycles. The van der Waals surface area contributed by atoms with E-state index < -0.39 is 5.92 Å². The van der Waals surface area contributed by atoms with Crippen molar-refractivity contribution in [3.8, 4) is 11.5 Å². The molecule has 0 aliphatic heterocycles. The van der Waals surface area contributed by atoms with Crippen LogP contribution >= 0.6 is 15.9 Å². The molecule has 0 saturated carbocycles. The molecule has 0 spiro atoms. The molecule has 0 unspecified atom stereocenters. The molecule has 0 aliphatic carbocycles. The van der Waals surface area contributed by atoms with Gasteiger partial charge in [0.2, 0.25) is 6.54 Å². The van der Waals surface area contributed by atoms with Crippen molar-refractivity contribution in [3.63, 3.8) is 0 Å². The van der Waals surface area contributed by atoms with E-state index in [2.05, 4.69) is 20.9 Å². The quantitative estimate of drug-likeness (QED) is 0.206. The smallest absolute Gasteiger partial charge is 0.214 e. The van der Waals surface area contributed by atoms with Crippen LogP contribution in [-0.4, -0.2) is 23.1 Å². The highest BCUT2D eigenvalue weighted by Crippen LogP contribution is 2.41. The topological polar surface area (TPSA) is 77.4 Å². The molecule has 1 atom stereocenters. The van der Waals surface area contributed by atoms with Crippen LogP contribution in [0.1, 0.15) is 29.5 Å². The lowest BCUT2D eigenvalue weighted by Gasteiger charge is -2.19. The van der Waals surface area contributed by atoms with Crippen LogP contribution in [0.5, 0.6) is 11.5 Å². The van der Waals surface area contributed by atoms with Gasteiger partial charge in [-0.1, -0.05) is 30.3 Å².